The predicted molar refractivity (Wildman–Crippen MR) is 75.4 cm³/mol. The highest BCUT2D eigenvalue weighted by Gasteiger charge is 2.18. The zero-order valence-electron chi connectivity index (χ0n) is 10.3. The van der Waals surface area contributed by atoms with Crippen LogP contribution in [0.4, 0.5) is 0 Å². The number of hydrogen-bond donors (Lipinski definition) is 0. The minimum absolute atomic E-state index is 0.250. The molecule has 20 heavy (non-hydrogen) atoms. The highest BCUT2D eigenvalue weighted by Crippen LogP contribution is 2.26. The van der Waals surface area contributed by atoms with Crippen LogP contribution in [-0.2, 0) is 0 Å². The molecule has 100 valence electrons. The fraction of sp³-hybridized carbons (Fsp3) is 0.0833. The van der Waals surface area contributed by atoms with Gasteiger partial charge in [0.05, 0.1) is 0 Å². The molecule has 0 fully saturated rings. The van der Waals surface area contributed by atoms with E-state index in [1.54, 1.807) is 24.3 Å². The number of benzene rings is 1. The molecule has 0 amide bonds. The van der Waals surface area contributed by atoms with Crippen LogP contribution in [-0.4, -0.2) is 31.5 Å². The van der Waals surface area contributed by atoms with Crippen molar-refractivity contribution in [3.8, 4) is 16.4 Å². The van der Waals surface area contributed by atoms with E-state index in [1.807, 2.05) is 6.92 Å². The second-order valence-electron chi connectivity index (χ2n) is 3.96. The van der Waals surface area contributed by atoms with Gasteiger partial charge in [-0.05, 0) is 19.1 Å². The zero-order chi connectivity index (χ0) is 14.1. The molecule has 1 aromatic carbocycles. The smallest absolute Gasteiger partial charge is 0.234 e. The molecule has 0 atom stereocenters. The fourth-order valence-corrected chi connectivity index (χ4v) is 2.52. The van der Waals surface area contributed by atoms with Gasteiger partial charge >= 0.3 is 0 Å². The Bertz CT molecular complexity index is 765. The standard InChI is InChI=1S/C12H8ClN5OS/c1-7-14-16-12(20-7)18-11(10(6-19)15-17-18)8-2-4-9(13)5-3-8/h2-6H,1H3. The number of carbonyl (C=O) groups excluding carboxylic acids is 1. The van der Waals surface area contributed by atoms with E-state index in [0.717, 1.165) is 10.6 Å². The van der Waals surface area contributed by atoms with E-state index in [2.05, 4.69) is 20.5 Å². The number of hydrogen-bond acceptors (Lipinski definition) is 6. The lowest BCUT2D eigenvalue weighted by Gasteiger charge is -2.03. The Hall–Kier alpha value is -2.12. The van der Waals surface area contributed by atoms with Crippen molar-refractivity contribution in [1.82, 2.24) is 25.2 Å². The van der Waals surface area contributed by atoms with Crippen LogP contribution >= 0.6 is 22.9 Å². The van der Waals surface area contributed by atoms with Crippen LogP contribution in [0.15, 0.2) is 24.3 Å². The molecule has 0 spiro atoms. The topological polar surface area (TPSA) is 73.6 Å². The molecule has 0 N–H and O–H groups in total. The lowest BCUT2D eigenvalue weighted by Crippen LogP contribution is -1.99. The molecule has 0 aliphatic carbocycles. The van der Waals surface area contributed by atoms with Crippen LogP contribution < -0.4 is 0 Å². The van der Waals surface area contributed by atoms with Gasteiger partial charge in [-0.3, -0.25) is 4.79 Å². The van der Waals surface area contributed by atoms with E-state index < -0.39 is 0 Å². The van der Waals surface area contributed by atoms with Gasteiger partial charge in [0.2, 0.25) is 5.13 Å². The van der Waals surface area contributed by atoms with Gasteiger partial charge in [-0.2, -0.15) is 4.68 Å². The molecular weight excluding hydrogens is 298 g/mol. The second-order valence-corrected chi connectivity index (χ2v) is 5.56. The molecule has 2 aromatic heterocycles. The summed E-state index contributed by atoms with van der Waals surface area (Å²) in [7, 11) is 0. The highest BCUT2D eigenvalue weighted by molar-refractivity contribution is 7.13. The van der Waals surface area contributed by atoms with Crippen molar-refractivity contribution in [3.05, 3.63) is 40.0 Å². The van der Waals surface area contributed by atoms with E-state index in [4.69, 9.17) is 11.6 Å². The van der Waals surface area contributed by atoms with Gasteiger partial charge in [0.15, 0.2) is 12.0 Å². The summed E-state index contributed by atoms with van der Waals surface area (Å²) in [6.07, 6.45) is 0.668. The van der Waals surface area contributed by atoms with E-state index in [1.165, 1.54) is 16.0 Å². The number of rotatable bonds is 3. The van der Waals surface area contributed by atoms with Crippen molar-refractivity contribution in [2.45, 2.75) is 6.92 Å². The molecule has 0 unspecified atom stereocenters. The Morgan fingerprint density at radius 1 is 1.20 bits per heavy atom. The predicted octanol–water partition coefficient (Wildman–Crippen LogP) is 2.56. The second kappa shape index (κ2) is 5.10. The molecule has 0 bridgehead atoms. The lowest BCUT2D eigenvalue weighted by atomic mass is 10.1. The maximum Gasteiger partial charge on any atom is 0.234 e. The zero-order valence-corrected chi connectivity index (χ0v) is 11.9. The van der Waals surface area contributed by atoms with Crippen molar-refractivity contribution in [3.63, 3.8) is 0 Å². The Kier molecular flexibility index (Phi) is 3.29. The van der Waals surface area contributed by atoms with Gasteiger partial charge < -0.3 is 0 Å². The van der Waals surface area contributed by atoms with Crippen LogP contribution in [0, 0.1) is 6.92 Å². The first kappa shape index (κ1) is 12.9. The van der Waals surface area contributed by atoms with Gasteiger partial charge in [-0.1, -0.05) is 40.3 Å². The molecule has 6 nitrogen and oxygen atoms in total. The largest absolute Gasteiger partial charge is 0.296 e. The molecule has 0 aliphatic rings. The van der Waals surface area contributed by atoms with Gasteiger partial charge in [0.25, 0.3) is 0 Å². The number of nitrogens with zero attached hydrogens (tertiary/aromatic N) is 5. The Morgan fingerprint density at radius 3 is 2.55 bits per heavy atom. The number of carbonyl (C=O) groups is 1. The number of halogens is 1. The van der Waals surface area contributed by atoms with Gasteiger partial charge in [-0.25, -0.2) is 0 Å². The summed E-state index contributed by atoms with van der Waals surface area (Å²) in [6.45, 7) is 1.85. The van der Waals surface area contributed by atoms with Crippen molar-refractivity contribution in [2.24, 2.45) is 0 Å². The van der Waals surface area contributed by atoms with Crippen LogP contribution in [0.2, 0.25) is 5.02 Å². The van der Waals surface area contributed by atoms with Crippen molar-refractivity contribution >= 4 is 29.2 Å². The monoisotopic (exact) mass is 305 g/mol. The van der Waals surface area contributed by atoms with Crippen LogP contribution in [0.1, 0.15) is 15.5 Å². The average molecular weight is 306 g/mol. The average Bonchev–Trinajstić information content (AvgIpc) is 3.05. The molecule has 0 radical (unpaired) electrons. The van der Waals surface area contributed by atoms with E-state index in [-0.39, 0.29) is 5.69 Å². The third-order valence-electron chi connectivity index (χ3n) is 2.62. The Labute approximate surface area is 123 Å². The summed E-state index contributed by atoms with van der Waals surface area (Å²) in [6, 6.07) is 7.10. The summed E-state index contributed by atoms with van der Waals surface area (Å²) >= 11 is 7.25. The summed E-state index contributed by atoms with van der Waals surface area (Å²) in [5.74, 6) is 0. The van der Waals surface area contributed by atoms with Crippen molar-refractivity contribution in [1.29, 1.82) is 0 Å². The molecule has 0 saturated carbocycles. The molecule has 3 rings (SSSR count). The molecule has 3 aromatic rings. The number of aromatic nitrogens is 5. The van der Waals surface area contributed by atoms with Gasteiger partial charge in [0, 0.05) is 10.6 Å². The van der Waals surface area contributed by atoms with Gasteiger partial charge in [0.1, 0.15) is 10.7 Å². The lowest BCUT2D eigenvalue weighted by molar-refractivity contribution is 0.111. The summed E-state index contributed by atoms with van der Waals surface area (Å²) in [5, 5.41) is 17.8. The number of aryl methyl sites for hydroxylation is 1. The minimum atomic E-state index is 0.250. The molecular formula is C12H8ClN5OS. The summed E-state index contributed by atoms with van der Waals surface area (Å²) in [5.41, 5.74) is 1.61. The van der Waals surface area contributed by atoms with Crippen LogP contribution in [0.25, 0.3) is 16.4 Å². The highest BCUT2D eigenvalue weighted by atomic mass is 35.5. The first-order chi connectivity index (χ1) is 9.69. The molecule has 0 aliphatic heterocycles. The molecule has 2 heterocycles. The first-order valence-corrected chi connectivity index (χ1v) is 6.86. The van der Waals surface area contributed by atoms with Crippen LogP contribution in [0.5, 0.6) is 0 Å². The normalized spacial score (nSPS) is 10.7. The maximum absolute atomic E-state index is 11.1. The quantitative estimate of drug-likeness (QED) is 0.695. The van der Waals surface area contributed by atoms with E-state index in [9.17, 15) is 4.79 Å². The number of aldehydes is 1. The molecule has 8 heteroatoms. The van der Waals surface area contributed by atoms with Crippen molar-refractivity contribution in [2.75, 3.05) is 0 Å². The Morgan fingerprint density at radius 2 is 1.95 bits per heavy atom. The fourth-order valence-electron chi connectivity index (χ4n) is 1.76. The first-order valence-electron chi connectivity index (χ1n) is 5.66. The summed E-state index contributed by atoms with van der Waals surface area (Å²) < 4.78 is 1.51. The third-order valence-corrected chi connectivity index (χ3v) is 3.69. The van der Waals surface area contributed by atoms with Crippen LogP contribution in [0.3, 0.4) is 0 Å². The third kappa shape index (κ3) is 2.21. The van der Waals surface area contributed by atoms with Crippen molar-refractivity contribution < 1.29 is 4.79 Å². The minimum Gasteiger partial charge on any atom is -0.296 e. The Balaban J connectivity index is 2.20. The maximum atomic E-state index is 11.1. The van der Waals surface area contributed by atoms with E-state index in [0.29, 0.717) is 22.1 Å². The SMILES string of the molecule is Cc1nnc(-n2nnc(C=O)c2-c2ccc(Cl)cc2)s1. The molecule has 0 saturated heterocycles. The van der Waals surface area contributed by atoms with Gasteiger partial charge in [-0.15, -0.1) is 15.3 Å². The summed E-state index contributed by atoms with van der Waals surface area (Å²) in [4.78, 5) is 11.1. The van der Waals surface area contributed by atoms with E-state index >= 15 is 0 Å².